The fourth-order valence-electron chi connectivity index (χ4n) is 1.14. The van der Waals surface area contributed by atoms with Crippen LogP contribution in [0.3, 0.4) is 0 Å². The van der Waals surface area contributed by atoms with Crippen molar-refractivity contribution in [3.63, 3.8) is 0 Å². The Kier molecular flexibility index (Phi) is 4.90. The number of halogens is 1. The molecule has 0 unspecified atom stereocenters. The van der Waals surface area contributed by atoms with Gasteiger partial charge >= 0.3 is 0 Å². The summed E-state index contributed by atoms with van der Waals surface area (Å²) >= 11 is 0. The number of hydrogen-bond donors (Lipinski definition) is 1. The van der Waals surface area contributed by atoms with Crippen LogP contribution in [0.1, 0.15) is 5.56 Å². The van der Waals surface area contributed by atoms with E-state index < -0.39 is 5.82 Å². The van der Waals surface area contributed by atoms with Gasteiger partial charge in [-0.2, -0.15) is 0 Å². The molecule has 0 aliphatic heterocycles. The van der Waals surface area contributed by atoms with Gasteiger partial charge in [0.1, 0.15) is 5.82 Å². The monoisotopic (exact) mass is 233 g/mol. The highest BCUT2D eigenvalue weighted by Gasteiger charge is 2.02. The number of allylic oxidation sites excluding steroid dienone is 1. The Bertz CT molecular complexity index is 480. The van der Waals surface area contributed by atoms with E-state index in [1.54, 1.807) is 12.1 Å². The van der Waals surface area contributed by atoms with Crippen LogP contribution in [0.5, 0.6) is 0 Å². The van der Waals surface area contributed by atoms with Crippen LogP contribution in [0.25, 0.3) is 0 Å². The van der Waals surface area contributed by atoms with E-state index in [4.69, 9.17) is 5.73 Å². The Morgan fingerprint density at radius 1 is 1.53 bits per heavy atom. The summed E-state index contributed by atoms with van der Waals surface area (Å²) in [5, 5.41) is 0. The van der Waals surface area contributed by atoms with Gasteiger partial charge in [-0.25, -0.2) is 9.38 Å². The van der Waals surface area contributed by atoms with Crippen molar-refractivity contribution in [1.82, 2.24) is 0 Å². The lowest BCUT2D eigenvalue weighted by Gasteiger charge is -2.01. The fourth-order valence-corrected chi connectivity index (χ4v) is 1.14. The van der Waals surface area contributed by atoms with Gasteiger partial charge in [-0.1, -0.05) is 18.7 Å². The van der Waals surface area contributed by atoms with Gasteiger partial charge in [0.25, 0.3) is 0 Å². The maximum Gasteiger partial charge on any atom is 0.167 e. The van der Waals surface area contributed by atoms with Crippen LogP contribution in [0, 0.1) is 5.82 Å². The zero-order chi connectivity index (χ0) is 12.7. The van der Waals surface area contributed by atoms with Crippen molar-refractivity contribution in [3.05, 3.63) is 47.9 Å². The molecule has 0 amide bonds. The minimum Gasteiger partial charge on any atom is -0.312 e. The highest BCUT2D eigenvalue weighted by molar-refractivity contribution is 6.38. The van der Waals surface area contributed by atoms with Gasteiger partial charge in [-0.05, 0) is 12.1 Å². The molecule has 0 aromatic heterocycles. The lowest BCUT2D eigenvalue weighted by molar-refractivity contribution is -0.104. The SMILES string of the molecule is C=C(C=O)N=C(C=NCN)c1cccc(F)c1. The Morgan fingerprint density at radius 3 is 2.88 bits per heavy atom. The molecular weight excluding hydrogens is 221 g/mol. The molecule has 88 valence electrons. The number of hydrogen-bond acceptors (Lipinski definition) is 4. The number of benzene rings is 1. The van der Waals surface area contributed by atoms with Crippen LogP contribution in [0.4, 0.5) is 4.39 Å². The first-order valence-corrected chi connectivity index (χ1v) is 4.86. The third-order valence-corrected chi connectivity index (χ3v) is 1.84. The number of carbonyl (C=O) groups is 1. The van der Waals surface area contributed by atoms with Crippen LogP contribution in [0.2, 0.25) is 0 Å². The zero-order valence-corrected chi connectivity index (χ0v) is 9.14. The molecule has 1 aromatic rings. The van der Waals surface area contributed by atoms with Gasteiger partial charge in [-0.3, -0.25) is 9.79 Å². The molecule has 0 fully saturated rings. The zero-order valence-electron chi connectivity index (χ0n) is 9.14. The summed E-state index contributed by atoms with van der Waals surface area (Å²) in [7, 11) is 0. The molecule has 2 N–H and O–H groups in total. The van der Waals surface area contributed by atoms with E-state index >= 15 is 0 Å². The molecule has 0 aliphatic carbocycles. The van der Waals surface area contributed by atoms with E-state index in [0.29, 0.717) is 17.6 Å². The lowest BCUT2D eigenvalue weighted by atomic mass is 10.1. The van der Waals surface area contributed by atoms with Gasteiger partial charge in [0, 0.05) is 11.8 Å². The second kappa shape index (κ2) is 6.44. The smallest absolute Gasteiger partial charge is 0.167 e. The fraction of sp³-hybridized carbons (Fsp3) is 0.0833. The second-order valence-corrected chi connectivity index (χ2v) is 3.11. The van der Waals surface area contributed by atoms with Gasteiger partial charge in [0.2, 0.25) is 0 Å². The molecule has 0 spiro atoms. The number of aliphatic imine (C=N–C) groups is 2. The van der Waals surface area contributed by atoms with Crippen molar-refractivity contribution >= 4 is 18.2 Å². The summed E-state index contributed by atoms with van der Waals surface area (Å²) in [6.07, 6.45) is 1.89. The average Bonchev–Trinajstić information content (AvgIpc) is 2.34. The molecule has 17 heavy (non-hydrogen) atoms. The molecule has 0 atom stereocenters. The molecule has 0 bridgehead atoms. The molecule has 0 saturated carbocycles. The molecule has 0 saturated heterocycles. The Labute approximate surface area is 98.4 Å². The molecule has 1 rings (SSSR count). The largest absolute Gasteiger partial charge is 0.312 e. The van der Waals surface area contributed by atoms with E-state index in [0.717, 1.165) is 0 Å². The van der Waals surface area contributed by atoms with Crippen molar-refractivity contribution in [3.8, 4) is 0 Å². The summed E-state index contributed by atoms with van der Waals surface area (Å²) in [6, 6.07) is 5.80. The van der Waals surface area contributed by atoms with E-state index in [9.17, 15) is 9.18 Å². The highest BCUT2D eigenvalue weighted by Crippen LogP contribution is 2.06. The van der Waals surface area contributed by atoms with Crippen LogP contribution in [0.15, 0.2) is 46.5 Å². The van der Waals surface area contributed by atoms with Crippen molar-refractivity contribution in [1.29, 1.82) is 0 Å². The first kappa shape index (κ1) is 12.9. The number of aldehydes is 1. The highest BCUT2D eigenvalue weighted by atomic mass is 19.1. The van der Waals surface area contributed by atoms with Crippen molar-refractivity contribution in [2.45, 2.75) is 0 Å². The Morgan fingerprint density at radius 2 is 2.29 bits per heavy atom. The molecule has 0 aliphatic rings. The van der Waals surface area contributed by atoms with E-state index in [1.165, 1.54) is 18.3 Å². The Balaban J connectivity index is 3.14. The molecule has 4 nitrogen and oxygen atoms in total. The summed E-state index contributed by atoms with van der Waals surface area (Å²) in [4.78, 5) is 18.2. The molecule has 5 heteroatoms. The summed E-state index contributed by atoms with van der Waals surface area (Å²) in [5.41, 5.74) is 6.11. The number of nitrogens with zero attached hydrogens (tertiary/aromatic N) is 2. The number of carbonyl (C=O) groups excluding carboxylic acids is 1. The van der Waals surface area contributed by atoms with Gasteiger partial charge < -0.3 is 5.73 Å². The molecule has 1 aromatic carbocycles. The van der Waals surface area contributed by atoms with Crippen molar-refractivity contribution < 1.29 is 9.18 Å². The van der Waals surface area contributed by atoms with Crippen molar-refractivity contribution in [2.75, 3.05) is 6.67 Å². The van der Waals surface area contributed by atoms with Gasteiger partial charge in [0.05, 0.1) is 18.1 Å². The Hall–Kier alpha value is -2.14. The third-order valence-electron chi connectivity index (χ3n) is 1.84. The van der Waals surface area contributed by atoms with Crippen LogP contribution in [-0.4, -0.2) is 24.9 Å². The van der Waals surface area contributed by atoms with E-state index in [1.807, 2.05) is 0 Å². The van der Waals surface area contributed by atoms with Crippen LogP contribution < -0.4 is 5.73 Å². The maximum atomic E-state index is 13.1. The second-order valence-electron chi connectivity index (χ2n) is 3.11. The minimum absolute atomic E-state index is 0.0349. The molecule has 0 heterocycles. The first-order valence-electron chi connectivity index (χ1n) is 4.86. The normalized spacial score (nSPS) is 11.8. The predicted molar refractivity (Wildman–Crippen MR) is 65.7 cm³/mol. The van der Waals surface area contributed by atoms with Gasteiger partial charge in [0.15, 0.2) is 6.29 Å². The van der Waals surface area contributed by atoms with Gasteiger partial charge in [-0.15, -0.1) is 0 Å². The lowest BCUT2D eigenvalue weighted by Crippen LogP contribution is -2.06. The summed E-state index contributed by atoms with van der Waals surface area (Å²) in [6.45, 7) is 3.51. The van der Waals surface area contributed by atoms with Crippen molar-refractivity contribution in [2.24, 2.45) is 15.7 Å². The van der Waals surface area contributed by atoms with Crippen LogP contribution in [-0.2, 0) is 4.79 Å². The predicted octanol–water partition coefficient (Wildman–Crippen LogP) is 1.31. The van der Waals surface area contributed by atoms with E-state index in [-0.39, 0.29) is 12.4 Å². The summed E-state index contributed by atoms with van der Waals surface area (Å²) in [5.74, 6) is -0.395. The minimum atomic E-state index is -0.395. The van der Waals surface area contributed by atoms with E-state index in [2.05, 4.69) is 16.6 Å². The standard InChI is InChI=1S/C12H12FN3O/c1-9(7-17)16-12(6-15-8-14)10-3-2-4-11(13)5-10/h2-7H,1,8,14H2. The maximum absolute atomic E-state index is 13.1. The third kappa shape index (κ3) is 4.08. The van der Waals surface area contributed by atoms with Crippen LogP contribution >= 0.6 is 0 Å². The molecular formula is C12H12FN3O. The number of rotatable bonds is 5. The quantitative estimate of drug-likeness (QED) is 0.473. The average molecular weight is 233 g/mol. The first-order chi connectivity index (χ1) is 8.17. The number of nitrogens with two attached hydrogens (primary N) is 1. The topological polar surface area (TPSA) is 67.8 Å². The summed E-state index contributed by atoms with van der Waals surface area (Å²) < 4.78 is 13.1. The molecule has 0 radical (unpaired) electrons.